The Morgan fingerprint density at radius 1 is 0.914 bits per heavy atom. The first-order chi connectivity index (χ1) is 17.0. The zero-order valence-corrected chi connectivity index (χ0v) is 20.3. The van der Waals surface area contributed by atoms with Gasteiger partial charge in [-0.3, -0.25) is 4.79 Å². The number of nitrogens with zero attached hydrogens (tertiary/aromatic N) is 2. The molecule has 35 heavy (non-hydrogen) atoms. The normalized spacial score (nSPS) is 11.2. The highest BCUT2D eigenvalue weighted by Crippen LogP contribution is 2.37. The average molecular weight is 481 g/mol. The molecule has 9 heteroatoms. The first kappa shape index (κ1) is 24.4. The molecule has 184 valence electrons. The summed E-state index contributed by atoms with van der Waals surface area (Å²) in [6, 6.07) is 8.94. The van der Waals surface area contributed by atoms with Gasteiger partial charge >= 0.3 is 0 Å². The average Bonchev–Trinajstić information content (AvgIpc) is 3.19. The van der Waals surface area contributed by atoms with E-state index in [0.29, 0.717) is 83.8 Å². The Kier molecular flexibility index (Phi) is 7.79. The summed E-state index contributed by atoms with van der Waals surface area (Å²) in [5.74, 6) is 2.56. The smallest absolute Gasteiger partial charge is 0.230 e. The van der Waals surface area contributed by atoms with Gasteiger partial charge in [-0.25, -0.2) is 9.97 Å². The van der Waals surface area contributed by atoms with Crippen LogP contribution in [0.3, 0.4) is 0 Å². The topological polar surface area (TPSA) is 102 Å². The molecule has 0 saturated carbocycles. The number of ketones is 1. The van der Waals surface area contributed by atoms with Crippen molar-refractivity contribution in [3.8, 4) is 23.1 Å². The molecule has 0 N–H and O–H groups in total. The molecule has 0 saturated heterocycles. The van der Waals surface area contributed by atoms with E-state index in [0.717, 1.165) is 5.39 Å². The molecule has 0 amide bonds. The van der Waals surface area contributed by atoms with Gasteiger partial charge in [0.2, 0.25) is 5.88 Å². The molecule has 0 aliphatic rings. The zero-order valence-electron chi connectivity index (χ0n) is 20.3. The van der Waals surface area contributed by atoms with Gasteiger partial charge in [0.05, 0.1) is 29.7 Å². The Labute approximate surface area is 202 Å². The lowest BCUT2D eigenvalue weighted by atomic mass is 10.1. The van der Waals surface area contributed by atoms with Gasteiger partial charge in [0.1, 0.15) is 36.6 Å². The summed E-state index contributed by atoms with van der Waals surface area (Å²) in [4.78, 5) is 21.0. The summed E-state index contributed by atoms with van der Waals surface area (Å²) < 4.78 is 33.8. The maximum Gasteiger partial charge on any atom is 0.230 e. The molecule has 0 atom stereocenters. The van der Waals surface area contributed by atoms with Gasteiger partial charge in [-0.2, -0.15) is 0 Å². The fourth-order valence-corrected chi connectivity index (χ4v) is 3.71. The van der Waals surface area contributed by atoms with Crippen LogP contribution in [0.2, 0.25) is 0 Å². The van der Waals surface area contributed by atoms with Gasteiger partial charge in [0, 0.05) is 38.2 Å². The van der Waals surface area contributed by atoms with Crippen LogP contribution < -0.4 is 14.2 Å². The van der Waals surface area contributed by atoms with Crippen molar-refractivity contribution in [3.05, 3.63) is 48.0 Å². The number of Topliss-reactive ketones (excluding diaryl/α,β-unsaturated/α-hetero) is 1. The summed E-state index contributed by atoms with van der Waals surface area (Å²) in [6.07, 6.45) is 1.84. The van der Waals surface area contributed by atoms with Gasteiger partial charge in [0.25, 0.3) is 0 Å². The van der Waals surface area contributed by atoms with Crippen molar-refractivity contribution in [3.63, 3.8) is 0 Å². The third-order valence-electron chi connectivity index (χ3n) is 5.41. The van der Waals surface area contributed by atoms with E-state index in [4.69, 9.17) is 28.1 Å². The SMILES string of the molecule is CCC(=O)c1c(C)oc2cc(Oc3ncnc4cc(OCCOC)c(OCCOC)cc34)ccc12. The van der Waals surface area contributed by atoms with Crippen LogP contribution in [-0.2, 0) is 9.47 Å². The lowest BCUT2D eigenvalue weighted by Crippen LogP contribution is -2.08. The number of hydrogen-bond donors (Lipinski definition) is 0. The van der Waals surface area contributed by atoms with Crippen molar-refractivity contribution < 1.29 is 32.9 Å². The predicted octanol–water partition coefficient (Wildman–Crippen LogP) is 5.12. The first-order valence-corrected chi connectivity index (χ1v) is 11.3. The highest BCUT2D eigenvalue weighted by atomic mass is 16.5. The molecule has 0 unspecified atom stereocenters. The Bertz CT molecular complexity index is 1330. The van der Waals surface area contributed by atoms with Crippen LogP contribution in [0.4, 0.5) is 0 Å². The molecule has 0 aliphatic carbocycles. The number of benzene rings is 2. The van der Waals surface area contributed by atoms with Crippen molar-refractivity contribution >= 4 is 27.7 Å². The molecular weight excluding hydrogens is 452 g/mol. The number of methoxy groups -OCH3 is 2. The Balaban J connectivity index is 1.68. The minimum absolute atomic E-state index is 0.0428. The van der Waals surface area contributed by atoms with Gasteiger partial charge in [-0.1, -0.05) is 6.92 Å². The van der Waals surface area contributed by atoms with Crippen molar-refractivity contribution in [1.29, 1.82) is 0 Å². The van der Waals surface area contributed by atoms with Crippen LogP contribution in [0.15, 0.2) is 41.1 Å². The molecule has 2 heterocycles. The fraction of sp³-hybridized carbons (Fsp3) is 0.346. The Morgan fingerprint density at radius 2 is 1.63 bits per heavy atom. The maximum absolute atomic E-state index is 12.3. The van der Waals surface area contributed by atoms with Gasteiger partial charge < -0.3 is 28.1 Å². The highest BCUT2D eigenvalue weighted by Gasteiger charge is 2.18. The van der Waals surface area contributed by atoms with Crippen LogP contribution in [0.1, 0.15) is 29.5 Å². The number of rotatable bonds is 12. The van der Waals surface area contributed by atoms with E-state index in [2.05, 4.69) is 9.97 Å². The molecule has 4 rings (SSSR count). The molecule has 9 nitrogen and oxygen atoms in total. The Hall–Kier alpha value is -3.69. The Morgan fingerprint density at radius 3 is 2.31 bits per heavy atom. The summed E-state index contributed by atoms with van der Waals surface area (Å²) in [6.45, 7) is 5.20. The molecule has 4 aromatic rings. The second-order valence-corrected chi connectivity index (χ2v) is 7.75. The third kappa shape index (κ3) is 5.36. The van der Waals surface area contributed by atoms with Crippen LogP contribution in [0.5, 0.6) is 23.1 Å². The van der Waals surface area contributed by atoms with Gasteiger partial charge in [-0.15, -0.1) is 0 Å². The number of hydrogen-bond acceptors (Lipinski definition) is 9. The van der Waals surface area contributed by atoms with Crippen molar-refractivity contribution in [2.45, 2.75) is 20.3 Å². The molecule has 2 aromatic carbocycles. The van der Waals surface area contributed by atoms with E-state index in [1.165, 1.54) is 6.33 Å². The number of ether oxygens (including phenoxy) is 5. The number of fused-ring (bicyclic) bond motifs is 2. The first-order valence-electron chi connectivity index (χ1n) is 11.3. The minimum atomic E-state index is 0.0428. The summed E-state index contributed by atoms with van der Waals surface area (Å²) in [5.41, 5.74) is 1.82. The number of furan rings is 1. The summed E-state index contributed by atoms with van der Waals surface area (Å²) in [7, 11) is 3.22. The third-order valence-corrected chi connectivity index (χ3v) is 5.41. The summed E-state index contributed by atoms with van der Waals surface area (Å²) >= 11 is 0. The molecule has 0 bridgehead atoms. The highest BCUT2D eigenvalue weighted by molar-refractivity contribution is 6.08. The van der Waals surface area contributed by atoms with Crippen LogP contribution in [0.25, 0.3) is 21.9 Å². The van der Waals surface area contributed by atoms with E-state index in [1.807, 2.05) is 13.0 Å². The zero-order chi connectivity index (χ0) is 24.8. The monoisotopic (exact) mass is 480 g/mol. The predicted molar refractivity (Wildman–Crippen MR) is 130 cm³/mol. The fourth-order valence-electron chi connectivity index (χ4n) is 3.71. The quantitative estimate of drug-likeness (QED) is 0.202. The van der Waals surface area contributed by atoms with Gasteiger partial charge in [0.15, 0.2) is 17.3 Å². The van der Waals surface area contributed by atoms with Crippen LogP contribution in [0, 0.1) is 6.92 Å². The van der Waals surface area contributed by atoms with E-state index in [-0.39, 0.29) is 5.78 Å². The van der Waals surface area contributed by atoms with Crippen molar-refractivity contribution in [2.75, 3.05) is 40.6 Å². The second-order valence-electron chi connectivity index (χ2n) is 7.75. The maximum atomic E-state index is 12.3. The standard InChI is InChI=1S/C26H28N2O7/c1-5-21(29)25-16(2)34-22-12-17(6-7-18(22)25)35-26-19-13-23(32-10-8-30-3)24(33-11-9-31-4)14-20(19)27-15-28-26/h6-7,12-15H,5,8-11H2,1-4H3. The minimum Gasteiger partial charge on any atom is -0.487 e. The number of carbonyl (C=O) groups excluding carboxylic acids is 1. The van der Waals surface area contributed by atoms with E-state index in [9.17, 15) is 4.79 Å². The number of carbonyl (C=O) groups is 1. The largest absolute Gasteiger partial charge is 0.487 e. The molecule has 2 aromatic heterocycles. The van der Waals surface area contributed by atoms with E-state index < -0.39 is 0 Å². The second kappa shape index (κ2) is 11.2. The lowest BCUT2D eigenvalue weighted by Gasteiger charge is -2.15. The summed E-state index contributed by atoms with van der Waals surface area (Å²) in [5, 5.41) is 1.41. The molecule has 0 radical (unpaired) electrons. The number of aryl methyl sites for hydroxylation is 1. The molecule has 0 fully saturated rings. The van der Waals surface area contributed by atoms with Crippen molar-refractivity contribution in [1.82, 2.24) is 9.97 Å². The van der Waals surface area contributed by atoms with E-state index >= 15 is 0 Å². The van der Waals surface area contributed by atoms with Crippen molar-refractivity contribution in [2.24, 2.45) is 0 Å². The van der Waals surface area contributed by atoms with E-state index in [1.54, 1.807) is 45.4 Å². The van der Waals surface area contributed by atoms with Crippen LogP contribution >= 0.6 is 0 Å². The number of aromatic nitrogens is 2. The molecular formula is C26H28N2O7. The lowest BCUT2D eigenvalue weighted by molar-refractivity contribution is 0.0988. The van der Waals surface area contributed by atoms with Gasteiger partial charge in [-0.05, 0) is 25.1 Å². The molecule has 0 spiro atoms. The van der Waals surface area contributed by atoms with Crippen LogP contribution in [-0.4, -0.2) is 56.4 Å². The molecule has 0 aliphatic heterocycles.